The fourth-order valence-electron chi connectivity index (χ4n) is 2.08. The highest BCUT2D eigenvalue weighted by molar-refractivity contribution is 5.98. The standard InChI is InChI=1S/C19H20N2O4/c1-11-4-5-15(10-17(11)20)19(24)25-13(3)18(23)21-16-8-6-14(7-9-16)12(2)22/h4-10,13H,20H2,1-3H3,(H,21,23)/t13-/m0/s1. The quantitative estimate of drug-likeness (QED) is 0.495. The third kappa shape index (κ3) is 4.67. The summed E-state index contributed by atoms with van der Waals surface area (Å²) >= 11 is 0. The summed E-state index contributed by atoms with van der Waals surface area (Å²) in [4.78, 5) is 35.5. The molecule has 3 N–H and O–H groups in total. The molecule has 0 aliphatic heterocycles. The molecule has 0 saturated carbocycles. The number of rotatable bonds is 5. The van der Waals surface area contributed by atoms with Crippen molar-refractivity contribution in [2.45, 2.75) is 26.9 Å². The molecule has 25 heavy (non-hydrogen) atoms. The van der Waals surface area contributed by atoms with Crippen LogP contribution in [0, 0.1) is 6.92 Å². The van der Waals surface area contributed by atoms with E-state index in [1.165, 1.54) is 19.9 Å². The highest BCUT2D eigenvalue weighted by Gasteiger charge is 2.19. The number of anilines is 2. The average molecular weight is 340 g/mol. The van der Waals surface area contributed by atoms with Gasteiger partial charge in [0.15, 0.2) is 11.9 Å². The Morgan fingerprint density at radius 1 is 1.04 bits per heavy atom. The molecule has 0 aromatic heterocycles. The van der Waals surface area contributed by atoms with Crippen molar-refractivity contribution in [3.05, 3.63) is 59.2 Å². The molecule has 0 aliphatic rings. The number of esters is 1. The fourth-order valence-corrected chi connectivity index (χ4v) is 2.08. The van der Waals surface area contributed by atoms with Gasteiger partial charge in [0, 0.05) is 16.9 Å². The number of Topliss-reactive ketones (excluding diaryl/α,β-unsaturated/α-hetero) is 1. The van der Waals surface area contributed by atoms with Crippen molar-refractivity contribution in [1.82, 2.24) is 0 Å². The van der Waals surface area contributed by atoms with Crippen LogP contribution in [0.5, 0.6) is 0 Å². The Hall–Kier alpha value is -3.15. The number of ether oxygens (including phenoxy) is 1. The number of nitrogen functional groups attached to an aromatic ring is 1. The van der Waals surface area contributed by atoms with Crippen LogP contribution >= 0.6 is 0 Å². The molecule has 6 nitrogen and oxygen atoms in total. The molecule has 2 aromatic carbocycles. The molecule has 6 heteroatoms. The summed E-state index contributed by atoms with van der Waals surface area (Å²) in [6, 6.07) is 11.3. The molecule has 0 fully saturated rings. The summed E-state index contributed by atoms with van der Waals surface area (Å²) in [6.07, 6.45) is -0.984. The van der Waals surface area contributed by atoms with Gasteiger partial charge in [-0.1, -0.05) is 6.07 Å². The number of carbonyl (C=O) groups excluding carboxylic acids is 3. The Kier molecular flexibility index (Phi) is 5.54. The molecular formula is C19H20N2O4. The molecule has 130 valence electrons. The largest absolute Gasteiger partial charge is 0.449 e. The molecule has 0 aliphatic carbocycles. The summed E-state index contributed by atoms with van der Waals surface area (Å²) in [7, 11) is 0. The Bertz CT molecular complexity index is 813. The lowest BCUT2D eigenvalue weighted by atomic mass is 10.1. The number of aryl methyl sites for hydroxylation is 1. The molecule has 0 heterocycles. The Morgan fingerprint density at radius 3 is 2.20 bits per heavy atom. The maximum atomic E-state index is 12.1. The first-order valence-electron chi connectivity index (χ1n) is 7.77. The first-order chi connectivity index (χ1) is 11.8. The number of hydrogen-bond acceptors (Lipinski definition) is 5. The second-order valence-corrected chi connectivity index (χ2v) is 5.74. The van der Waals surface area contributed by atoms with E-state index < -0.39 is 18.0 Å². The molecule has 2 rings (SSSR count). The third-order valence-electron chi connectivity index (χ3n) is 3.73. The number of nitrogens with one attached hydrogen (secondary N) is 1. The molecule has 0 unspecified atom stereocenters. The highest BCUT2D eigenvalue weighted by atomic mass is 16.5. The zero-order chi connectivity index (χ0) is 18.6. The van der Waals surface area contributed by atoms with Gasteiger partial charge < -0.3 is 15.8 Å². The van der Waals surface area contributed by atoms with Gasteiger partial charge in [0.1, 0.15) is 0 Å². The fraction of sp³-hybridized carbons (Fsp3) is 0.211. The maximum absolute atomic E-state index is 12.1. The Balaban J connectivity index is 1.98. The first-order valence-corrected chi connectivity index (χ1v) is 7.77. The first kappa shape index (κ1) is 18.2. The second-order valence-electron chi connectivity index (χ2n) is 5.74. The van der Waals surface area contributed by atoms with Crippen molar-refractivity contribution in [1.29, 1.82) is 0 Å². The maximum Gasteiger partial charge on any atom is 0.338 e. The van der Waals surface area contributed by atoms with Crippen LogP contribution < -0.4 is 11.1 Å². The normalized spacial score (nSPS) is 11.5. The summed E-state index contributed by atoms with van der Waals surface area (Å²) in [6.45, 7) is 4.78. The van der Waals surface area contributed by atoms with Gasteiger partial charge in [-0.2, -0.15) is 0 Å². The Morgan fingerprint density at radius 2 is 1.64 bits per heavy atom. The van der Waals surface area contributed by atoms with Crippen molar-refractivity contribution >= 4 is 29.0 Å². The molecule has 0 bridgehead atoms. The van der Waals surface area contributed by atoms with E-state index in [1.807, 2.05) is 6.92 Å². The van der Waals surface area contributed by atoms with Gasteiger partial charge in [0.2, 0.25) is 0 Å². The summed E-state index contributed by atoms with van der Waals surface area (Å²) in [5.41, 5.74) is 8.46. The van der Waals surface area contributed by atoms with Gasteiger partial charge in [-0.05, 0) is 62.7 Å². The Labute approximate surface area is 146 Å². The summed E-state index contributed by atoms with van der Waals surface area (Å²) in [5, 5.41) is 2.63. The van der Waals surface area contributed by atoms with Crippen molar-refractivity contribution in [3.8, 4) is 0 Å². The molecule has 0 spiro atoms. The second kappa shape index (κ2) is 7.61. The van der Waals surface area contributed by atoms with Crippen molar-refractivity contribution in [2.75, 3.05) is 11.1 Å². The predicted molar refractivity (Wildman–Crippen MR) is 95.5 cm³/mol. The van der Waals surface area contributed by atoms with Gasteiger partial charge in [0.25, 0.3) is 5.91 Å². The van der Waals surface area contributed by atoms with Crippen molar-refractivity contribution in [3.63, 3.8) is 0 Å². The number of hydrogen-bond donors (Lipinski definition) is 2. The highest BCUT2D eigenvalue weighted by Crippen LogP contribution is 2.15. The van der Waals surface area contributed by atoms with Crippen molar-refractivity contribution < 1.29 is 19.1 Å². The van der Waals surface area contributed by atoms with Crippen LogP contribution in [-0.2, 0) is 9.53 Å². The van der Waals surface area contributed by atoms with E-state index in [0.29, 0.717) is 16.9 Å². The number of carbonyl (C=O) groups is 3. The number of amides is 1. The predicted octanol–water partition coefficient (Wildman–Crippen LogP) is 2.96. The van der Waals surface area contributed by atoms with Gasteiger partial charge in [-0.15, -0.1) is 0 Å². The molecule has 1 amide bonds. The topological polar surface area (TPSA) is 98.5 Å². The van der Waals surface area contributed by atoms with Crippen LogP contribution in [0.4, 0.5) is 11.4 Å². The number of ketones is 1. The lowest BCUT2D eigenvalue weighted by molar-refractivity contribution is -0.123. The van der Waals surface area contributed by atoms with Crippen LogP contribution in [0.2, 0.25) is 0 Å². The zero-order valence-corrected chi connectivity index (χ0v) is 14.3. The average Bonchev–Trinajstić information content (AvgIpc) is 2.57. The minimum Gasteiger partial charge on any atom is -0.449 e. The van der Waals surface area contributed by atoms with Gasteiger partial charge in [-0.3, -0.25) is 9.59 Å². The van der Waals surface area contributed by atoms with Gasteiger partial charge in [0.05, 0.1) is 5.56 Å². The van der Waals surface area contributed by atoms with Gasteiger partial charge >= 0.3 is 5.97 Å². The molecule has 2 aromatic rings. The summed E-state index contributed by atoms with van der Waals surface area (Å²) in [5.74, 6) is -1.15. The van der Waals surface area contributed by atoms with E-state index in [2.05, 4.69) is 5.32 Å². The van der Waals surface area contributed by atoms with Crippen LogP contribution in [0.3, 0.4) is 0 Å². The third-order valence-corrected chi connectivity index (χ3v) is 3.73. The minimum atomic E-state index is -0.984. The lowest BCUT2D eigenvalue weighted by Crippen LogP contribution is -2.30. The van der Waals surface area contributed by atoms with Gasteiger partial charge in [-0.25, -0.2) is 4.79 Å². The van der Waals surface area contributed by atoms with E-state index in [-0.39, 0.29) is 11.3 Å². The van der Waals surface area contributed by atoms with E-state index in [4.69, 9.17) is 10.5 Å². The summed E-state index contributed by atoms with van der Waals surface area (Å²) < 4.78 is 5.17. The minimum absolute atomic E-state index is 0.0578. The molecular weight excluding hydrogens is 320 g/mol. The monoisotopic (exact) mass is 340 g/mol. The smallest absolute Gasteiger partial charge is 0.338 e. The van der Waals surface area contributed by atoms with Crippen LogP contribution in [0.25, 0.3) is 0 Å². The van der Waals surface area contributed by atoms with Crippen LogP contribution in [-0.4, -0.2) is 23.8 Å². The number of benzene rings is 2. The number of nitrogens with two attached hydrogens (primary N) is 1. The van der Waals surface area contributed by atoms with Crippen LogP contribution in [0.1, 0.15) is 40.1 Å². The SMILES string of the molecule is CC(=O)c1ccc(NC(=O)[C@H](C)OC(=O)c2ccc(C)c(N)c2)cc1. The van der Waals surface area contributed by atoms with E-state index in [9.17, 15) is 14.4 Å². The van der Waals surface area contributed by atoms with E-state index in [1.54, 1.807) is 36.4 Å². The van der Waals surface area contributed by atoms with Crippen molar-refractivity contribution in [2.24, 2.45) is 0 Å². The zero-order valence-electron chi connectivity index (χ0n) is 14.3. The molecule has 1 atom stereocenters. The van der Waals surface area contributed by atoms with Crippen LogP contribution in [0.15, 0.2) is 42.5 Å². The van der Waals surface area contributed by atoms with E-state index >= 15 is 0 Å². The molecule has 0 saturated heterocycles. The van der Waals surface area contributed by atoms with E-state index in [0.717, 1.165) is 5.56 Å². The lowest BCUT2D eigenvalue weighted by Gasteiger charge is -2.14. The molecule has 0 radical (unpaired) electrons.